The Morgan fingerprint density at radius 1 is 1.33 bits per heavy atom. The van der Waals surface area contributed by atoms with Crippen molar-refractivity contribution in [3.8, 4) is 0 Å². The Bertz CT molecular complexity index is 421. The minimum Gasteiger partial charge on any atom is -0.297 e. The lowest BCUT2D eigenvalue weighted by Gasteiger charge is -2.28. The van der Waals surface area contributed by atoms with Crippen molar-refractivity contribution >= 4 is 17.4 Å². The third kappa shape index (κ3) is 2.44. The molecule has 0 heterocycles. The van der Waals surface area contributed by atoms with Gasteiger partial charge in [0.25, 0.3) is 0 Å². The first kappa shape index (κ1) is 13.5. The Kier molecular flexibility index (Phi) is 4.06. The van der Waals surface area contributed by atoms with Crippen LogP contribution in [0.2, 0.25) is 0 Å². The van der Waals surface area contributed by atoms with E-state index in [1.165, 1.54) is 12.1 Å². The zero-order valence-electron chi connectivity index (χ0n) is 10.6. The van der Waals surface area contributed by atoms with Gasteiger partial charge in [0.1, 0.15) is 11.2 Å². The molecule has 0 saturated heterocycles. The first-order chi connectivity index (χ1) is 8.59. The summed E-state index contributed by atoms with van der Waals surface area (Å²) in [7, 11) is 0. The molecule has 1 fully saturated rings. The van der Waals surface area contributed by atoms with Gasteiger partial charge in [0, 0.05) is 5.41 Å². The molecule has 1 unspecified atom stereocenters. The Balaban J connectivity index is 2.20. The lowest BCUT2D eigenvalue weighted by Crippen LogP contribution is -2.30. The number of hydrogen-bond acceptors (Lipinski definition) is 1. The normalized spacial score (nSPS) is 19.7. The molecule has 1 aliphatic rings. The number of ketones is 1. The largest absolute Gasteiger partial charge is 0.297 e. The Morgan fingerprint density at radius 3 is 2.39 bits per heavy atom. The van der Waals surface area contributed by atoms with Crippen molar-refractivity contribution in [1.29, 1.82) is 0 Å². The van der Waals surface area contributed by atoms with E-state index in [1.54, 1.807) is 12.1 Å². The molecule has 0 aliphatic heterocycles. The van der Waals surface area contributed by atoms with Gasteiger partial charge in [0.15, 0.2) is 5.78 Å². The molecule has 0 bridgehead atoms. The predicted molar refractivity (Wildman–Crippen MR) is 71.2 cm³/mol. The third-order valence-electron chi connectivity index (χ3n) is 4.15. The van der Waals surface area contributed by atoms with Gasteiger partial charge in [-0.25, -0.2) is 4.39 Å². The summed E-state index contributed by atoms with van der Waals surface area (Å²) in [5, 5.41) is -0.649. The fourth-order valence-electron chi connectivity index (χ4n) is 2.88. The number of alkyl halides is 1. The van der Waals surface area contributed by atoms with E-state index < -0.39 is 5.38 Å². The number of halogens is 2. The van der Waals surface area contributed by atoms with E-state index in [1.807, 2.05) is 0 Å². The van der Waals surface area contributed by atoms with Crippen LogP contribution in [-0.2, 0) is 4.79 Å². The van der Waals surface area contributed by atoms with E-state index in [9.17, 15) is 9.18 Å². The number of rotatable bonds is 4. The van der Waals surface area contributed by atoms with Crippen LogP contribution in [0.1, 0.15) is 50.0 Å². The number of benzene rings is 1. The highest BCUT2D eigenvalue weighted by Gasteiger charge is 2.42. The van der Waals surface area contributed by atoms with Crippen molar-refractivity contribution in [1.82, 2.24) is 0 Å². The zero-order chi connectivity index (χ0) is 13.2. The molecule has 98 valence electrons. The van der Waals surface area contributed by atoms with Gasteiger partial charge < -0.3 is 0 Å². The summed E-state index contributed by atoms with van der Waals surface area (Å²) in [6.07, 6.45) is 4.93. The van der Waals surface area contributed by atoms with Crippen molar-refractivity contribution in [2.75, 3.05) is 0 Å². The lowest BCUT2D eigenvalue weighted by molar-refractivity contribution is -0.128. The SMILES string of the molecule is CCC1(C(=O)C(Cl)c2ccc(F)cc2)CCCC1. The zero-order valence-corrected chi connectivity index (χ0v) is 11.3. The van der Waals surface area contributed by atoms with Gasteiger partial charge in [-0.1, -0.05) is 31.9 Å². The molecular weight excluding hydrogens is 251 g/mol. The van der Waals surface area contributed by atoms with E-state index in [-0.39, 0.29) is 17.0 Å². The van der Waals surface area contributed by atoms with Crippen molar-refractivity contribution in [2.24, 2.45) is 5.41 Å². The third-order valence-corrected chi connectivity index (χ3v) is 4.60. The second-order valence-electron chi connectivity index (χ2n) is 5.12. The maximum atomic E-state index is 12.9. The minimum atomic E-state index is -0.649. The van der Waals surface area contributed by atoms with E-state index in [2.05, 4.69) is 6.92 Å². The molecule has 1 atom stereocenters. The number of Topliss-reactive ketones (excluding diaryl/α,β-unsaturated/α-hetero) is 1. The molecule has 2 rings (SSSR count). The quantitative estimate of drug-likeness (QED) is 0.727. The van der Waals surface area contributed by atoms with Crippen LogP contribution in [0.25, 0.3) is 0 Å². The molecule has 0 spiro atoms. The maximum Gasteiger partial charge on any atom is 0.161 e. The standard InChI is InChI=1S/C15H18ClFO/c1-2-15(9-3-4-10-15)14(18)13(16)11-5-7-12(17)8-6-11/h5-8,13H,2-4,9-10H2,1H3. The second kappa shape index (κ2) is 5.40. The average molecular weight is 269 g/mol. The number of carbonyl (C=O) groups is 1. The smallest absolute Gasteiger partial charge is 0.161 e. The first-order valence-electron chi connectivity index (χ1n) is 6.53. The van der Waals surface area contributed by atoms with Gasteiger partial charge in [-0.15, -0.1) is 11.6 Å². The van der Waals surface area contributed by atoms with Crippen LogP contribution in [0.3, 0.4) is 0 Å². The topological polar surface area (TPSA) is 17.1 Å². The number of hydrogen-bond donors (Lipinski definition) is 0. The summed E-state index contributed by atoms with van der Waals surface area (Å²) < 4.78 is 12.9. The molecule has 3 heteroatoms. The molecule has 0 radical (unpaired) electrons. The monoisotopic (exact) mass is 268 g/mol. The summed E-state index contributed by atoms with van der Waals surface area (Å²) in [6, 6.07) is 5.91. The van der Waals surface area contributed by atoms with Crippen molar-refractivity contribution in [3.05, 3.63) is 35.6 Å². The molecule has 1 aliphatic carbocycles. The Morgan fingerprint density at radius 2 is 1.89 bits per heavy atom. The van der Waals surface area contributed by atoms with Crippen LogP contribution in [-0.4, -0.2) is 5.78 Å². The van der Waals surface area contributed by atoms with Gasteiger partial charge in [-0.05, 0) is 37.0 Å². The van der Waals surface area contributed by atoms with Gasteiger partial charge in [-0.3, -0.25) is 4.79 Å². The average Bonchev–Trinajstić information content (AvgIpc) is 2.88. The van der Waals surface area contributed by atoms with Crippen LogP contribution in [0.5, 0.6) is 0 Å². The molecule has 1 aromatic rings. The molecule has 0 aromatic heterocycles. The molecule has 0 amide bonds. The fourth-order valence-corrected chi connectivity index (χ4v) is 3.25. The highest BCUT2D eigenvalue weighted by molar-refractivity contribution is 6.31. The van der Waals surface area contributed by atoms with Crippen molar-refractivity contribution in [2.45, 2.75) is 44.4 Å². The fraction of sp³-hybridized carbons (Fsp3) is 0.533. The molecule has 1 aromatic carbocycles. The van der Waals surface area contributed by atoms with Gasteiger partial charge in [0.2, 0.25) is 0 Å². The van der Waals surface area contributed by atoms with Crippen molar-refractivity contribution in [3.63, 3.8) is 0 Å². The van der Waals surface area contributed by atoms with Gasteiger partial charge >= 0.3 is 0 Å². The van der Waals surface area contributed by atoms with Crippen LogP contribution in [0.15, 0.2) is 24.3 Å². The highest BCUT2D eigenvalue weighted by Crippen LogP contribution is 2.45. The molecule has 1 saturated carbocycles. The van der Waals surface area contributed by atoms with Gasteiger partial charge in [0.05, 0.1) is 0 Å². The molecule has 1 nitrogen and oxygen atoms in total. The number of carbonyl (C=O) groups excluding carboxylic acids is 1. The predicted octanol–water partition coefficient (Wildman–Crippen LogP) is 4.65. The van der Waals surface area contributed by atoms with E-state index in [0.717, 1.165) is 32.1 Å². The molecular formula is C15H18ClFO. The Labute approximate surface area is 112 Å². The van der Waals surface area contributed by atoms with Crippen LogP contribution in [0.4, 0.5) is 4.39 Å². The summed E-state index contributed by atoms with van der Waals surface area (Å²) in [5.41, 5.74) is 0.448. The summed E-state index contributed by atoms with van der Waals surface area (Å²) >= 11 is 6.29. The lowest BCUT2D eigenvalue weighted by atomic mass is 9.77. The van der Waals surface area contributed by atoms with E-state index in [0.29, 0.717) is 5.56 Å². The second-order valence-corrected chi connectivity index (χ2v) is 5.56. The maximum absolute atomic E-state index is 12.9. The van der Waals surface area contributed by atoms with Crippen LogP contribution in [0, 0.1) is 11.2 Å². The molecule has 18 heavy (non-hydrogen) atoms. The van der Waals surface area contributed by atoms with Crippen LogP contribution >= 0.6 is 11.6 Å². The summed E-state index contributed by atoms with van der Waals surface area (Å²) in [6.45, 7) is 2.05. The van der Waals surface area contributed by atoms with Gasteiger partial charge in [-0.2, -0.15) is 0 Å². The van der Waals surface area contributed by atoms with E-state index >= 15 is 0 Å². The van der Waals surface area contributed by atoms with E-state index in [4.69, 9.17) is 11.6 Å². The molecule has 0 N–H and O–H groups in total. The highest BCUT2D eigenvalue weighted by atomic mass is 35.5. The van der Waals surface area contributed by atoms with Crippen molar-refractivity contribution < 1.29 is 9.18 Å². The summed E-state index contributed by atoms with van der Waals surface area (Å²) in [4.78, 5) is 12.6. The Hall–Kier alpha value is -0.890. The first-order valence-corrected chi connectivity index (χ1v) is 6.96. The summed E-state index contributed by atoms with van der Waals surface area (Å²) in [5.74, 6) is -0.197. The minimum absolute atomic E-state index is 0.107. The van der Waals surface area contributed by atoms with Crippen LogP contribution < -0.4 is 0 Å².